The van der Waals surface area contributed by atoms with Gasteiger partial charge in [-0.2, -0.15) is 8.42 Å². The summed E-state index contributed by atoms with van der Waals surface area (Å²) in [5, 5.41) is 1.98. The van der Waals surface area contributed by atoms with E-state index in [0.717, 1.165) is 30.0 Å². The largest absolute Gasteiger partial charge is 0.297 e. The van der Waals surface area contributed by atoms with Gasteiger partial charge in [-0.15, -0.1) is 0 Å². The fraction of sp³-hybridized carbons (Fsp3) is 0.545. The predicted molar refractivity (Wildman–Crippen MR) is 105 cm³/mol. The van der Waals surface area contributed by atoms with Gasteiger partial charge in [0.2, 0.25) is 0 Å². The van der Waals surface area contributed by atoms with Crippen molar-refractivity contribution in [1.29, 1.82) is 0 Å². The number of fused-ring (bicyclic) bond motifs is 1. The van der Waals surface area contributed by atoms with Gasteiger partial charge in [-0.1, -0.05) is 75.3 Å². The van der Waals surface area contributed by atoms with Crippen LogP contribution in [0.15, 0.2) is 47.4 Å². The highest BCUT2D eigenvalue weighted by Gasteiger charge is 2.36. The summed E-state index contributed by atoms with van der Waals surface area (Å²) in [5.74, 6) is 1.04. The topological polar surface area (TPSA) is 43.4 Å². The maximum Gasteiger partial charge on any atom is 0.297 e. The van der Waals surface area contributed by atoms with E-state index < -0.39 is 10.1 Å². The van der Waals surface area contributed by atoms with Crippen LogP contribution >= 0.6 is 0 Å². The second kappa shape index (κ2) is 7.69. The Balaban J connectivity index is 1.56. The van der Waals surface area contributed by atoms with Crippen molar-refractivity contribution in [2.45, 2.75) is 68.8 Å². The predicted octanol–water partition coefficient (Wildman–Crippen LogP) is 5.68. The summed E-state index contributed by atoms with van der Waals surface area (Å²) in [4.78, 5) is 0.282. The second-order valence-corrected chi connectivity index (χ2v) is 9.52. The Hall–Kier alpha value is -1.39. The summed E-state index contributed by atoms with van der Waals surface area (Å²) in [7, 11) is -3.72. The minimum absolute atomic E-state index is 0.150. The second-order valence-electron chi connectivity index (χ2n) is 7.94. The van der Waals surface area contributed by atoms with E-state index in [0.29, 0.717) is 11.8 Å². The lowest BCUT2D eigenvalue weighted by Gasteiger charge is -2.38. The zero-order valence-corrected chi connectivity index (χ0v) is 16.1. The van der Waals surface area contributed by atoms with Crippen molar-refractivity contribution in [3.05, 3.63) is 42.5 Å². The van der Waals surface area contributed by atoms with E-state index in [9.17, 15) is 8.42 Å². The van der Waals surface area contributed by atoms with Crippen molar-refractivity contribution in [1.82, 2.24) is 0 Å². The van der Waals surface area contributed by atoms with Crippen LogP contribution in [-0.2, 0) is 14.3 Å². The maximum absolute atomic E-state index is 13.0. The molecular weight excluding hydrogens is 344 g/mol. The van der Waals surface area contributed by atoms with Gasteiger partial charge < -0.3 is 0 Å². The lowest BCUT2D eigenvalue weighted by molar-refractivity contribution is 0.0486. The van der Waals surface area contributed by atoms with Gasteiger partial charge >= 0.3 is 0 Å². The molecule has 2 aliphatic carbocycles. The molecule has 0 heterocycles. The van der Waals surface area contributed by atoms with Crippen LogP contribution in [0.1, 0.15) is 57.8 Å². The Kier molecular flexibility index (Phi) is 5.32. The van der Waals surface area contributed by atoms with Gasteiger partial charge in [-0.3, -0.25) is 4.18 Å². The van der Waals surface area contributed by atoms with Gasteiger partial charge in [0, 0.05) is 0 Å². The molecule has 0 aliphatic heterocycles. The lowest BCUT2D eigenvalue weighted by Crippen LogP contribution is -2.35. The van der Waals surface area contributed by atoms with Crippen LogP contribution in [0.25, 0.3) is 10.8 Å². The average molecular weight is 373 g/mol. The summed E-state index contributed by atoms with van der Waals surface area (Å²) < 4.78 is 31.8. The molecule has 2 aromatic carbocycles. The van der Waals surface area contributed by atoms with Crippen molar-refractivity contribution < 1.29 is 12.6 Å². The molecule has 0 radical (unpaired) electrons. The molecule has 2 aliphatic rings. The summed E-state index contributed by atoms with van der Waals surface area (Å²) in [5.41, 5.74) is 0. The first-order chi connectivity index (χ1) is 12.6. The van der Waals surface area contributed by atoms with Crippen LogP contribution in [0.5, 0.6) is 0 Å². The molecule has 140 valence electrons. The average Bonchev–Trinajstić information content (AvgIpc) is 2.68. The van der Waals surface area contributed by atoms with Crippen molar-refractivity contribution in [3.63, 3.8) is 0 Å². The molecule has 4 heteroatoms. The summed E-state index contributed by atoms with van der Waals surface area (Å²) >= 11 is 0. The molecule has 26 heavy (non-hydrogen) atoms. The molecular formula is C22H28O3S. The van der Waals surface area contributed by atoms with Crippen molar-refractivity contribution in [3.8, 4) is 0 Å². The first-order valence-corrected chi connectivity index (χ1v) is 11.5. The summed E-state index contributed by atoms with van der Waals surface area (Å²) in [6.07, 6.45) is 10.5. The monoisotopic (exact) mass is 372 g/mol. The van der Waals surface area contributed by atoms with Crippen LogP contribution in [0.2, 0.25) is 0 Å². The van der Waals surface area contributed by atoms with Gasteiger partial charge in [-0.25, -0.2) is 0 Å². The van der Waals surface area contributed by atoms with Crippen molar-refractivity contribution in [2.24, 2.45) is 11.8 Å². The molecule has 2 saturated carbocycles. The van der Waals surface area contributed by atoms with E-state index in [2.05, 4.69) is 0 Å². The molecule has 0 N–H and O–H groups in total. The molecule has 4 rings (SSSR count). The molecule has 0 spiro atoms. The molecule has 2 atom stereocenters. The maximum atomic E-state index is 13.0. The van der Waals surface area contributed by atoms with Gasteiger partial charge in [0.1, 0.15) is 0 Å². The first-order valence-electron chi connectivity index (χ1n) is 10.1. The molecule has 3 nitrogen and oxygen atoms in total. The van der Waals surface area contributed by atoms with E-state index in [1.54, 1.807) is 12.1 Å². The van der Waals surface area contributed by atoms with Crippen molar-refractivity contribution >= 4 is 20.9 Å². The minimum Gasteiger partial charge on any atom is -0.263 e. The highest BCUT2D eigenvalue weighted by Crippen LogP contribution is 2.40. The van der Waals surface area contributed by atoms with Crippen LogP contribution < -0.4 is 0 Å². The highest BCUT2D eigenvalue weighted by atomic mass is 32.2. The third kappa shape index (κ3) is 3.81. The Bertz CT molecular complexity index is 853. The molecule has 2 aromatic rings. The first kappa shape index (κ1) is 18.0. The minimum atomic E-state index is -3.72. The number of benzene rings is 2. The third-order valence-electron chi connectivity index (χ3n) is 6.27. The molecule has 0 bridgehead atoms. The molecule has 0 amide bonds. The van der Waals surface area contributed by atoms with Crippen LogP contribution in [0, 0.1) is 11.8 Å². The molecule has 0 aromatic heterocycles. The highest BCUT2D eigenvalue weighted by molar-refractivity contribution is 7.86. The normalized spacial score (nSPS) is 25.4. The summed E-state index contributed by atoms with van der Waals surface area (Å²) in [6, 6.07) is 13.1. The van der Waals surface area contributed by atoms with Gasteiger partial charge in [0.25, 0.3) is 10.1 Å². The zero-order valence-electron chi connectivity index (χ0n) is 15.3. The smallest absolute Gasteiger partial charge is 0.263 e. The van der Waals surface area contributed by atoms with E-state index in [4.69, 9.17) is 4.18 Å². The van der Waals surface area contributed by atoms with Crippen molar-refractivity contribution in [2.75, 3.05) is 0 Å². The third-order valence-corrected chi connectivity index (χ3v) is 7.60. The fourth-order valence-electron chi connectivity index (χ4n) is 4.89. The van der Waals surface area contributed by atoms with E-state index in [-0.39, 0.29) is 11.0 Å². The number of rotatable bonds is 4. The van der Waals surface area contributed by atoms with E-state index in [1.165, 1.54) is 38.5 Å². The fourth-order valence-corrected chi connectivity index (χ4v) is 6.07. The number of hydrogen-bond acceptors (Lipinski definition) is 3. The SMILES string of the molecule is O=S(=O)(OC1CCCCC1C1CCCCC1)c1ccc2ccccc2c1. The van der Waals surface area contributed by atoms with Gasteiger partial charge in [-0.05, 0) is 47.6 Å². The molecule has 2 fully saturated rings. The molecule has 2 unspecified atom stereocenters. The zero-order chi connectivity index (χ0) is 18.0. The lowest BCUT2D eigenvalue weighted by atomic mass is 9.72. The molecule has 0 saturated heterocycles. The van der Waals surface area contributed by atoms with Gasteiger partial charge in [0.15, 0.2) is 0 Å². The Labute approximate surface area is 156 Å². The Morgan fingerprint density at radius 2 is 1.46 bits per heavy atom. The van der Waals surface area contributed by atoms with E-state index >= 15 is 0 Å². The summed E-state index contributed by atoms with van der Waals surface area (Å²) in [6.45, 7) is 0. The van der Waals surface area contributed by atoms with Crippen LogP contribution in [-0.4, -0.2) is 14.5 Å². The number of hydrogen-bond donors (Lipinski definition) is 0. The Morgan fingerprint density at radius 1 is 0.769 bits per heavy atom. The van der Waals surface area contributed by atoms with Crippen LogP contribution in [0.3, 0.4) is 0 Å². The van der Waals surface area contributed by atoms with E-state index in [1.807, 2.05) is 30.3 Å². The van der Waals surface area contributed by atoms with Crippen LogP contribution in [0.4, 0.5) is 0 Å². The van der Waals surface area contributed by atoms with Gasteiger partial charge in [0.05, 0.1) is 11.0 Å². The standard InChI is InChI=1S/C22H28O3S/c23-26(24,20-15-14-17-8-4-5-11-19(17)16-20)25-22-13-7-6-12-21(22)18-9-2-1-3-10-18/h4-5,8,11,14-16,18,21-22H,1-3,6-7,9-10,12-13H2. The quantitative estimate of drug-likeness (QED) is 0.648. The Morgan fingerprint density at radius 3 is 2.27 bits per heavy atom.